The van der Waals surface area contributed by atoms with Crippen LogP contribution in [-0.4, -0.2) is 5.71 Å². The molecule has 0 aromatic carbocycles. The highest BCUT2D eigenvalue weighted by atomic mass is 14.4. The molecule has 0 aromatic heterocycles. The second-order valence-electron chi connectivity index (χ2n) is 2.75. The van der Waals surface area contributed by atoms with Gasteiger partial charge in [0, 0.05) is 5.71 Å². The Balaban J connectivity index is 4.13. The lowest BCUT2D eigenvalue weighted by molar-refractivity contribution is 0.736. The summed E-state index contributed by atoms with van der Waals surface area (Å²) in [5, 5.41) is 7.65. The molecule has 62 valence electrons. The third-order valence-corrected chi connectivity index (χ3v) is 1.82. The summed E-state index contributed by atoms with van der Waals surface area (Å²) >= 11 is 0. The highest BCUT2D eigenvalue weighted by Crippen LogP contribution is 2.09. The first-order chi connectivity index (χ1) is 5.13. The smallest absolute Gasteiger partial charge is 0.0408 e. The number of rotatable bonds is 4. The molecule has 1 heteroatoms. The van der Waals surface area contributed by atoms with Crippen LogP contribution in [0.2, 0.25) is 0 Å². The summed E-state index contributed by atoms with van der Waals surface area (Å²) < 4.78 is 0. The molecule has 0 radical (unpaired) electrons. The molecule has 0 saturated heterocycles. The first-order valence-electron chi connectivity index (χ1n) is 4.03. The number of allylic oxidation sites excluding steroid dienone is 3. The van der Waals surface area contributed by atoms with Gasteiger partial charge < -0.3 is 5.41 Å². The minimum atomic E-state index is 0.332. The molecule has 0 fully saturated rings. The first kappa shape index (κ1) is 10.2. The minimum absolute atomic E-state index is 0.332. The predicted octanol–water partition coefficient (Wildman–Crippen LogP) is 3.18. The van der Waals surface area contributed by atoms with Crippen LogP contribution in [0.25, 0.3) is 0 Å². The molecule has 0 aliphatic rings. The van der Waals surface area contributed by atoms with Crippen LogP contribution in [0.1, 0.15) is 27.2 Å². The van der Waals surface area contributed by atoms with E-state index in [1.807, 2.05) is 19.1 Å². The van der Waals surface area contributed by atoms with E-state index in [-0.39, 0.29) is 0 Å². The summed E-state index contributed by atoms with van der Waals surface area (Å²) in [7, 11) is 0. The van der Waals surface area contributed by atoms with Gasteiger partial charge in [0.15, 0.2) is 0 Å². The predicted molar refractivity (Wildman–Crippen MR) is 51.1 cm³/mol. The Hall–Kier alpha value is -0.850. The summed E-state index contributed by atoms with van der Waals surface area (Å²) in [4.78, 5) is 0. The van der Waals surface area contributed by atoms with Crippen molar-refractivity contribution in [1.82, 2.24) is 0 Å². The topological polar surface area (TPSA) is 23.9 Å². The zero-order chi connectivity index (χ0) is 8.85. The normalized spacial score (nSPS) is 13.4. The third kappa shape index (κ3) is 3.17. The molecule has 0 aliphatic heterocycles. The van der Waals surface area contributed by atoms with Gasteiger partial charge in [0.2, 0.25) is 0 Å². The molecule has 0 saturated carbocycles. The Morgan fingerprint density at radius 3 is 2.55 bits per heavy atom. The Bertz CT molecular complexity index is 177. The molecule has 1 nitrogen and oxygen atoms in total. The molecular weight excluding hydrogens is 134 g/mol. The maximum Gasteiger partial charge on any atom is 0.0408 e. The zero-order valence-corrected chi connectivity index (χ0v) is 7.65. The van der Waals surface area contributed by atoms with Crippen molar-refractivity contribution in [2.75, 3.05) is 0 Å². The van der Waals surface area contributed by atoms with Gasteiger partial charge in [-0.1, -0.05) is 32.6 Å². The van der Waals surface area contributed by atoms with Gasteiger partial charge in [0.1, 0.15) is 0 Å². The second kappa shape index (κ2) is 4.89. The van der Waals surface area contributed by atoms with Gasteiger partial charge in [-0.05, 0) is 24.8 Å². The van der Waals surface area contributed by atoms with Crippen LogP contribution in [-0.2, 0) is 0 Å². The molecule has 0 rings (SSSR count). The molecule has 0 aromatic rings. The lowest BCUT2D eigenvalue weighted by Crippen LogP contribution is -2.09. The lowest BCUT2D eigenvalue weighted by Gasteiger charge is -2.09. The van der Waals surface area contributed by atoms with E-state index in [0.29, 0.717) is 11.6 Å². The fourth-order valence-corrected chi connectivity index (χ4v) is 0.812. The molecule has 0 heterocycles. The van der Waals surface area contributed by atoms with Crippen molar-refractivity contribution in [3.63, 3.8) is 0 Å². The average Bonchev–Trinajstić information content (AvgIpc) is 2.02. The largest absolute Gasteiger partial charge is 0.304 e. The van der Waals surface area contributed by atoms with Gasteiger partial charge in [-0.2, -0.15) is 0 Å². The Kier molecular flexibility index (Phi) is 4.51. The summed E-state index contributed by atoms with van der Waals surface area (Å²) in [6.07, 6.45) is 4.81. The Morgan fingerprint density at radius 1 is 1.64 bits per heavy atom. The standard InChI is InChI=1S/C10H17N/c1-5-7-9(4)10(11)8(3)6-2/h5,7-8,11H,4,6H2,1-3H3. The number of hydrogen-bond donors (Lipinski definition) is 1. The summed E-state index contributed by atoms with van der Waals surface area (Å²) in [6, 6.07) is 0. The van der Waals surface area contributed by atoms with Crippen LogP contribution < -0.4 is 0 Å². The van der Waals surface area contributed by atoms with Gasteiger partial charge >= 0.3 is 0 Å². The van der Waals surface area contributed by atoms with Gasteiger partial charge in [0.05, 0.1) is 0 Å². The first-order valence-corrected chi connectivity index (χ1v) is 4.03. The van der Waals surface area contributed by atoms with Gasteiger partial charge in [-0.25, -0.2) is 0 Å². The van der Waals surface area contributed by atoms with Crippen LogP contribution in [0.4, 0.5) is 0 Å². The van der Waals surface area contributed by atoms with Crippen molar-refractivity contribution < 1.29 is 0 Å². The van der Waals surface area contributed by atoms with Crippen molar-refractivity contribution >= 4 is 5.71 Å². The summed E-state index contributed by atoms with van der Waals surface area (Å²) in [5.41, 5.74) is 1.49. The van der Waals surface area contributed by atoms with E-state index in [4.69, 9.17) is 5.41 Å². The van der Waals surface area contributed by atoms with E-state index in [1.165, 1.54) is 0 Å². The van der Waals surface area contributed by atoms with Crippen molar-refractivity contribution in [3.8, 4) is 0 Å². The number of hydrogen-bond acceptors (Lipinski definition) is 1. The van der Waals surface area contributed by atoms with Gasteiger partial charge in [0.25, 0.3) is 0 Å². The number of nitrogens with one attached hydrogen (secondary N) is 1. The average molecular weight is 151 g/mol. The highest BCUT2D eigenvalue weighted by molar-refractivity contribution is 6.00. The Labute approximate surface area is 69.3 Å². The fraction of sp³-hybridized carbons (Fsp3) is 0.500. The van der Waals surface area contributed by atoms with Crippen molar-refractivity contribution in [3.05, 3.63) is 24.3 Å². The van der Waals surface area contributed by atoms with Crippen molar-refractivity contribution in [2.45, 2.75) is 27.2 Å². The molecule has 11 heavy (non-hydrogen) atoms. The summed E-state index contributed by atoms with van der Waals surface area (Å²) in [5.74, 6) is 0.332. The van der Waals surface area contributed by atoms with Crippen molar-refractivity contribution in [2.24, 2.45) is 5.92 Å². The van der Waals surface area contributed by atoms with E-state index in [1.54, 1.807) is 0 Å². The molecule has 0 amide bonds. The molecule has 0 aliphatic carbocycles. The minimum Gasteiger partial charge on any atom is -0.304 e. The third-order valence-electron chi connectivity index (χ3n) is 1.82. The van der Waals surface area contributed by atoms with Crippen LogP contribution in [0, 0.1) is 11.3 Å². The highest BCUT2D eigenvalue weighted by Gasteiger charge is 2.06. The fourth-order valence-electron chi connectivity index (χ4n) is 0.812. The molecule has 1 atom stereocenters. The lowest BCUT2D eigenvalue weighted by atomic mass is 9.97. The molecular formula is C10H17N. The molecule has 1 unspecified atom stereocenters. The van der Waals surface area contributed by atoms with E-state index in [0.717, 1.165) is 12.0 Å². The van der Waals surface area contributed by atoms with Crippen LogP contribution in [0.3, 0.4) is 0 Å². The Morgan fingerprint density at radius 2 is 2.18 bits per heavy atom. The SMILES string of the molecule is C=C(C=CC)C(=N)C(C)CC. The van der Waals surface area contributed by atoms with Gasteiger partial charge in [-0.3, -0.25) is 0 Å². The van der Waals surface area contributed by atoms with Gasteiger partial charge in [-0.15, -0.1) is 0 Å². The summed E-state index contributed by atoms with van der Waals surface area (Å²) in [6.45, 7) is 9.88. The van der Waals surface area contributed by atoms with E-state index < -0.39 is 0 Å². The molecule has 1 N–H and O–H groups in total. The molecule has 0 bridgehead atoms. The van der Waals surface area contributed by atoms with E-state index in [9.17, 15) is 0 Å². The van der Waals surface area contributed by atoms with Crippen molar-refractivity contribution in [1.29, 1.82) is 5.41 Å². The van der Waals surface area contributed by atoms with Crippen LogP contribution >= 0.6 is 0 Å². The van der Waals surface area contributed by atoms with E-state index >= 15 is 0 Å². The molecule has 0 spiro atoms. The maximum atomic E-state index is 7.65. The maximum absolute atomic E-state index is 7.65. The van der Waals surface area contributed by atoms with Crippen LogP contribution in [0.15, 0.2) is 24.3 Å². The monoisotopic (exact) mass is 151 g/mol. The van der Waals surface area contributed by atoms with Crippen LogP contribution in [0.5, 0.6) is 0 Å². The zero-order valence-electron chi connectivity index (χ0n) is 7.65. The quantitative estimate of drug-likeness (QED) is 0.471. The van der Waals surface area contributed by atoms with E-state index in [2.05, 4.69) is 20.4 Å². The second-order valence-corrected chi connectivity index (χ2v) is 2.75.